The van der Waals surface area contributed by atoms with Gasteiger partial charge in [-0.15, -0.1) is 0 Å². The Kier molecular flexibility index (Phi) is 13.5. The summed E-state index contributed by atoms with van der Waals surface area (Å²) in [6, 6.07) is -2.08. The highest BCUT2D eigenvalue weighted by atomic mass is 19.1. The first-order valence-corrected chi connectivity index (χ1v) is 19.1. The maximum Gasteiger partial charge on any atom is 0.289 e. The van der Waals surface area contributed by atoms with Gasteiger partial charge >= 0.3 is 0 Å². The van der Waals surface area contributed by atoms with Crippen LogP contribution in [0.15, 0.2) is 36.8 Å². The van der Waals surface area contributed by atoms with Gasteiger partial charge in [-0.25, -0.2) is 13.8 Å². The molecule has 3 aliphatic rings. The molecule has 2 aromatic rings. The molecular weight excluding hydrogens is 716 g/mol. The molecule has 0 bridgehead atoms. The molecule has 16 heteroatoms. The Morgan fingerprint density at radius 1 is 0.927 bits per heavy atom. The van der Waals surface area contributed by atoms with Gasteiger partial charge in [0.15, 0.2) is 0 Å². The predicted octanol–water partition coefficient (Wildman–Crippen LogP) is 3.15. The number of Topliss-reactive ketones (excluding diaryl/α,β-unsaturated/α-hetero) is 1. The van der Waals surface area contributed by atoms with Crippen molar-refractivity contribution in [3.63, 3.8) is 0 Å². The molecule has 4 N–H and O–H groups in total. The van der Waals surface area contributed by atoms with Crippen LogP contribution in [0, 0.1) is 23.0 Å². The van der Waals surface area contributed by atoms with Crippen LogP contribution in [0.1, 0.15) is 102 Å². The zero-order valence-corrected chi connectivity index (χ0v) is 31.7. The molecule has 298 valence electrons. The number of likely N-dealkylation sites (tertiary alicyclic amines) is 1. The minimum Gasteiger partial charge on any atom is -0.488 e. The molecule has 5 rings (SSSR count). The van der Waals surface area contributed by atoms with Crippen LogP contribution >= 0.6 is 0 Å². The molecule has 5 atom stereocenters. The van der Waals surface area contributed by atoms with Gasteiger partial charge in [0.05, 0.1) is 18.8 Å². The van der Waals surface area contributed by atoms with Gasteiger partial charge in [0.2, 0.25) is 23.5 Å². The lowest BCUT2D eigenvalue weighted by molar-refractivity contribution is -0.145. The number of halogens is 2. The molecule has 1 aromatic carbocycles. The molecule has 5 amide bonds. The Morgan fingerprint density at radius 3 is 2.22 bits per heavy atom. The molecule has 1 aromatic heterocycles. The number of hydrogen-bond donors (Lipinski definition) is 4. The topological polar surface area (TPSA) is 189 Å². The van der Waals surface area contributed by atoms with E-state index in [0.717, 1.165) is 44.2 Å². The van der Waals surface area contributed by atoms with Crippen LogP contribution in [-0.2, 0) is 24.0 Å². The lowest BCUT2D eigenvalue weighted by Gasteiger charge is -2.37. The van der Waals surface area contributed by atoms with Crippen molar-refractivity contribution < 1.29 is 42.3 Å². The smallest absolute Gasteiger partial charge is 0.289 e. The summed E-state index contributed by atoms with van der Waals surface area (Å²) in [6.07, 6.45) is 9.27. The maximum atomic E-state index is 14.7. The molecule has 2 saturated carbocycles. The number of ketones is 1. The summed E-state index contributed by atoms with van der Waals surface area (Å²) in [5, 5.41) is 11.0. The second kappa shape index (κ2) is 18.1. The van der Waals surface area contributed by atoms with Crippen molar-refractivity contribution in [1.29, 1.82) is 0 Å². The SMILES string of the molecule is CCC[C@H](NC(=O)[C@@H]1C[C@@H](Oc2cc(F)cc(F)c2)CN1C(=O)[C@@H](NC(=O)[C@@H](NC(=O)c1cnccn1)C1CCCCC1)C(C)(C)C)C(=O)C(=O)NC1CC1. The van der Waals surface area contributed by atoms with E-state index in [1.165, 1.54) is 23.5 Å². The van der Waals surface area contributed by atoms with E-state index in [9.17, 15) is 37.5 Å². The standard InChI is InChI=1S/C39H51F2N7O7/c1-5-9-28(32(49)37(53)44-25-12-13-25)45-35(51)30-19-27(55-26-17-23(40)16-24(41)18-26)21-48(30)38(54)33(39(2,3)4)47-36(52)31(22-10-7-6-8-11-22)46-34(50)29-20-42-14-15-43-29/h14-18,20,22,25,27-28,30-31,33H,5-13,19,21H2,1-4H3,(H,44,53)(H,45,51)(H,46,50)(H,47,52)/t27-,28+,30+,31+,33-/m1/s1. The average molecular weight is 768 g/mol. The van der Waals surface area contributed by atoms with Crippen molar-refractivity contribution in [1.82, 2.24) is 36.1 Å². The Hall–Kier alpha value is -5.02. The Morgan fingerprint density at radius 2 is 1.62 bits per heavy atom. The van der Waals surface area contributed by atoms with Crippen LogP contribution in [0.25, 0.3) is 0 Å². The van der Waals surface area contributed by atoms with Crippen LogP contribution < -0.4 is 26.0 Å². The van der Waals surface area contributed by atoms with Crippen molar-refractivity contribution in [3.8, 4) is 5.75 Å². The molecule has 14 nitrogen and oxygen atoms in total. The van der Waals surface area contributed by atoms with Gasteiger partial charge < -0.3 is 30.9 Å². The molecule has 0 radical (unpaired) electrons. The molecular formula is C39H51F2N7O7. The second-order valence-electron chi connectivity index (χ2n) is 15.8. The predicted molar refractivity (Wildman–Crippen MR) is 195 cm³/mol. The van der Waals surface area contributed by atoms with Gasteiger partial charge in [-0.3, -0.25) is 33.8 Å². The Balaban J connectivity index is 1.41. The van der Waals surface area contributed by atoms with Crippen LogP contribution in [0.5, 0.6) is 5.75 Å². The van der Waals surface area contributed by atoms with Crippen molar-refractivity contribution >= 4 is 35.3 Å². The summed E-state index contributed by atoms with van der Waals surface area (Å²) < 4.78 is 34.1. The highest BCUT2D eigenvalue weighted by molar-refractivity contribution is 6.38. The molecule has 0 spiro atoms. The van der Waals surface area contributed by atoms with Gasteiger partial charge in [-0.1, -0.05) is 53.4 Å². The molecule has 3 fully saturated rings. The number of carbonyl (C=O) groups is 6. The highest BCUT2D eigenvalue weighted by Gasteiger charge is 2.47. The van der Waals surface area contributed by atoms with Crippen LogP contribution in [0.2, 0.25) is 0 Å². The van der Waals surface area contributed by atoms with Crippen LogP contribution in [-0.4, -0.2) is 93.0 Å². The highest BCUT2D eigenvalue weighted by Crippen LogP contribution is 2.31. The van der Waals surface area contributed by atoms with E-state index < -0.39 is 82.6 Å². The largest absolute Gasteiger partial charge is 0.488 e. The fourth-order valence-electron chi connectivity index (χ4n) is 7.17. The fourth-order valence-corrected chi connectivity index (χ4v) is 7.17. The molecule has 1 aliphatic heterocycles. The number of hydrogen-bond acceptors (Lipinski definition) is 9. The molecule has 2 aliphatic carbocycles. The van der Waals surface area contributed by atoms with Gasteiger partial charge in [-0.05, 0) is 43.4 Å². The quantitative estimate of drug-likeness (QED) is 0.198. The van der Waals surface area contributed by atoms with E-state index in [1.54, 1.807) is 27.7 Å². The first-order chi connectivity index (χ1) is 26.1. The summed E-state index contributed by atoms with van der Waals surface area (Å²) in [6.45, 7) is 6.82. The zero-order chi connectivity index (χ0) is 39.9. The number of rotatable bonds is 15. The third kappa shape index (κ3) is 11.0. The third-order valence-corrected chi connectivity index (χ3v) is 10.2. The molecule has 2 heterocycles. The number of amides is 5. The average Bonchev–Trinajstić information content (AvgIpc) is 3.86. The van der Waals surface area contributed by atoms with E-state index in [0.29, 0.717) is 25.3 Å². The number of carbonyl (C=O) groups excluding carboxylic acids is 6. The van der Waals surface area contributed by atoms with Crippen LogP contribution in [0.4, 0.5) is 8.78 Å². The van der Waals surface area contributed by atoms with Crippen molar-refractivity contribution in [2.24, 2.45) is 11.3 Å². The first-order valence-electron chi connectivity index (χ1n) is 19.1. The van der Waals surface area contributed by atoms with E-state index in [2.05, 4.69) is 31.2 Å². The number of aromatic nitrogens is 2. The van der Waals surface area contributed by atoms with Gasteiger partial charge in [0.1, 0.15) is 47.3 Å². The lowest BCUT2D eigenvalue weighted by Crippen LogP contribution is -2.62. The summed E-state index contributed by atoms with van der Waals surface area (Å²) in [4.78, 5) is 91.3. The number of nitrogens with zero attached hydrogens (tertiary/aromatic N) is 3. The summed E-state index contributed by atoms with van der Waals surface area (Å²) >= 11 is 0. The minimum absolute atomic E-state index is 0.0274. The lowest BCUT2D eigenvalue weighted by atomic mass is 9.82. The van der Waals surface area contributed by atoms with E-state index in [1.807, 2.05) is 0 Å². The molecule has 1 saturated heterocycles. The fraction of sp³-hybridized carbons (Fsp3) is 0.590. The van der Waals surface area contributed by atoms with Crippen LogP contribution in [0.3, 0.4) is 0 Å². The van der Waals surface area contributed by atoms with Crippen molar-refractivity contribution in [3.05, 3.63) is 54.1 Å². The zero-order valence-electron chi connectivity index (χ0n) is 31.7. The van der Waals surface area contributed by atoms with Gasteiger partial charge in [0, 0.05) is 43.1 Å². The maximum absolute atomic E-state index is 14.7. The minimum atomic E-state index is -1.25. The number of nitrogens with one attached hydrogen (secondary N) is 4. The van der Waals surface area contributed by atoms with E-state index >= 15 is 0 Å². The Bertz CT molecular complexity index is 1710. The first kappa shape index (κ1) is 41.1. The summed E-state index contributed by atoms with van der Waals surface area (Å²) in [5.41, 5.74) is -0.897. The normalized spacial score (nSPS) is 20.4. The van der Waals surface area contributed by atoms with Crippen molar-refractivity contribution in [2.75, 3.05) is 6.54 Å². The van der Waals surface area contributed by atoms with E-state index in [4.69, 9.17) is 4.74 Å². The number of benzene rings is 1. The van der Waals surface area contributed by atoms with Gasteiger partial charge in [0.25, 0.3) is 11.8 Å². The Labute approximate surface area is 319 Å². The monoisotopic (exact) mass is 767 g/mol. The summed E-state index contributed by atoms with van der Waals surface area (Å²) in [5.74, 6) is -6.30. The number of ether oxygens (including phenoxy) is 1. The van der Waals surface area contributed by atoms with E-state index in [-0.39, 0.29) is 42.8 Å². The van der Waals surface area contributed by atoms with Gasteiger partial charge in [-0.2, -0.15) is 0 Å². The third-order valence-electron chi connectivity index (χ3n) is 10.2. The molecule has 0 unspecified atom stereocenters. The molecule has 55 heavy (non-hydrogen) atoms. The van der Waals surface area contributed by atoms with Crippen molar-refractivity contribution in [2.45, 2.75) is 128 Å². The second-order valence-corrected chi connectivity index (χ2v) is 15.8. The summed E-state index contributed by atoms with van der Waals surface area (Å²) in [7, 11) is 0.